The van der Waals surface area contributed by atoms with Crippen LogP contribution in [0, 0.1) is 0 Å². The number of hydrogen-bond acceptors (Lipinski definition) is 3. The van der Waals surface area contributed by atoms with Crippen LogP contribution in [0.1, 0.15) is 17.9 Å². The van der Waals surface area contributed by atoms with E-state index < -0.39 is 0 Å². The molecule has 1 unspecified atom stereocenters. The highest BCUT2D eigenvalue weighted by Gasteiger charge is 2.34. The predicted molar refractivity (Wildman–Crippen MR) is 82.1 cm³/mol. The molecule has 0 aliphatic carbocycles. The number of amides is 1. The summed E-state index contributed by atoms with van der Waals surface area (Å²) in [6, 6.07) is 6.64. The minimum Gasteiger partial charge on any atom is -0.508 e. The van der Waals surface area contributed by atoms with Gasteiger partial charge in [-0.1, -0.05) is 23.2 Å². The van der Waals surface area contributed by atoms with Crippen molar-refractivity contribution in [1.82, 2.24) is 4.98 Å². The Morgan fingerprint density at radius 1 is 1.29 bits per heavy atom. The first-order chi connectivity index (χ1) is 10.1. The van der Waals surface area contributed by atoms with E-state index >= 15 is 0 Å². The van der Waals surface area contributed by atoms with E-state index in [0.717, 1.165) is 5.69 Å². The third-order valence-corrected chi connectivity index (χ3v) is 4.42. The highest BCUT2D eigenvalue weighted by atomic mass is 35.5. The maximum absolute atomic E-state index is 12.2. The normalized spacial score (nSPS) is 18.3. The van der Waals surface area contributed by atoms with Crippen molar-refractivity contribution in [2.45, 2.75) is 12.3 Å². The van der Waals surface area contributed by atoms with Crippen molar-refractivity contribution in [2.75, 3.05) is 11.4 Å². The molecule has 4 nitrogen and oxygen atoms in total. The SMILES string of the molecule is O=C1CC(c2c(O)ccc(Cl)c2Cl)CN1c1cccnc1. The molecule has 1 fully saturated rings. The third-order valence-electron chi connectivity index (χ3n) is 3.60. The maximum Gasteiger partial charge on any atom is 0.227 e. The Balaban J connectivity index is 1.94. The standard InChI is InChI=1S/C15H12Cl2N2O2/c16-11-3-4-12(20)14(15(11)17)9-6-13(21)19(8-9)10-2-1-5-18-7-10/h1-5,7,9,20H,6,8H2. The summed E-state index contributed by atoms with van der Waals surface area (Å²) in [5.74, 6) is -0.150. The van der Waals surface area contributed by atoms with Crippen LogP contribution in [0.3, 0.4) is 0 Å². The van der Waals surface area contributed by atoms with Gasteiger partial charge in [0.25, 0.3) is 0 Å². The zero-order valence-electron chi connectivity index (χ0n) is 11.0. The maximum atomic E-state index is 12.2. The molecular weight excluding hydrogens is 311 g/mol. The summed E-state index contributed by atoms with van der Waals surface area (Å²) in [5, 5.41) is 10.7. The van der Waals surface area contributed by atoms with E-state index in [4.69, 9.17) is 23.2 Å². The Morgan fingerprint density at radius 2 is 2.10 bits per heavy atom. The highest BCUT2D eigenvalue weighted by Crippen LogP contribution is 2.42. The molecule has 0 spiro atoms. The van der Waals surface area contributed by atoms with E-state index in [1.807, 2.05) is 6.07 Å². The van der Waals surface area contributed by atoms with Crippen LogP contribution in [-0.2, 0) is 4.79 Å². The second kappa shape index (κ2) is 5.54. The Bertz CT molecular complexity index is 692. The fraction of sp³-hybridized carbons (Fsp3) is 0.200. The summed E-state index contributed by atoms with van der Waals surface area (Å²) in [6.07, 6.45) is 3.57. The van der Waals surface area contributed by atoms with E-state index in [1.165, 1.54) is 6.07 Å². The zero-order valence-corrected chi connectivity index (χ0v) is 12.5. The molecule has 1 atom stereocenters. The molecule has 6 heteroatoms. The molecule has 1 aliphatic rings. The number of benzene rings is 1. The molecule has 0 saturated carbocycles. The molecule has 2 aromatic rings. The Kier molecular flexibility index (Phi) is 3.74. The van der Waals surface area contributed by atoms with Crippen LogP contribution < -0.4 is 4.90 Å². The van der Waals surface area contributed by atoms with Gasteiger partial charge in [-0.2, -0.15) is 0 Å². The molecule has 1 saturated heterocycles. The lowest BCUT2D eigenvalue weighted by molar-refractivity contribution is -0.117. The summed E-state index contributed by atoms with van der Waals surface area (Å²) >= 11 is 12.2. The van der Waals surface area contributed by atoms with Crippen LogP contribution in [0.2, 0.25) is 10.0 Å². The van der Waals surface area contributed by atoms with E-state index in [1.54, 1.807) is 29.4 Å². The largest absolute Gasteiger partial charge is 0.508 e. The van der Waals surface area contributed by atoms with Crippen molar-refractivity contribution >= 4 is 34.8 Å². The lowest BCUT2D eigenvalue weighted by atomic mass is 9.97. The molecule has 21 heavy (non-hydrogen) atoms. The van der Waals surface area contributed by atoms with Crippen molar-refractivity contribution in [3.63, 3.8) is 0 Å². The van der Waals surface area contributed by atoms with Gasteiger partial charge in [0.05, 0.1) is 21.9 Å². The minimum atomic E-state index is -0.191. The average molecular weight is 323 g/mol. The number of nitrogens with zero attached hydrogens (tertiary/aromatic N) is 2. The molecule has 1 aromatic heterocycles. The number of phenols is 1. The number of rotatable bonds is 2. The van der Waals surface area contributed by atoms with Gasteiger partial charge < -0.3 is 10.0 Å². The van der Waals surface area contributed by atoms with Gasteiger partial charge in [-0.05, 0) is 24.3 Å². The summed E-state index contributed by atoms with van der Waals surface area (Å²) in [4.78, 5) is 17.9. The first-order valence-electron chi connectivity index (χ1n) is 6.45. The predicted octanol–water partition coefficient (Wildman–Crippen LogP) is 3.61. The van der Waals surface area contributed by atoms with Crippen LogP contribution in [0.4, 0.5) is 5.69 Å². The summed E-state index contributed by atoms with van der Waals surface area (Å²) in [7, 11) is 0. The van der Waals surface area contributed by atoms with Crippen molar-refractivity contribution in [1.29, 1.82) is 0 Å². The van der Waals surface area contributed by atoms with Crippen molar-refractivity contribution in [2.24, 2.45) is 0 Å². The van der Waals surface area contributed by atoms with Gasteiger partial charge in [0.15, 0.2) is 0 Å². The number of aromatic nitrogens is 1. The summed E-state index contributed by atoms with van der Waals surface area (Å²) in [5.41, 5.74) is 1.27. The molecule has 1 amide bonds. The molecule has 1 aliphatic heterocycles. The molecule has 1 N–H and O–H groups in total. The van der Waals surface area contributed by atoms with Crippen LogP contribution in [0.15, 0.2) is 36.7 Å². The van der Waals surface area contributed by atoms with Gasteiger partial charge in [0, 0.05) is 30.6 Å². The number of phenolic OH excluding ortho intramolecular Hbond substituents is 1. The van der Waals surface area contributed by atoms with Crippen molar-refractivity contribution in [3.8, 4) is 5.75 Å². The van der Waals surface area contributed by atoms with Crippen molar-refractivity contribution in [3.05, 3.63) is 52.3 Å². The lowest BCUT2D eigenvalue weighted by Crippen LogP contribution is -2.24. The van der Waals surface area contributed by atoms with Gasteiger partial charge in [0.2, 0.25) is 5.91 Å². The third kappa shape index (κ3) is 2.57. The van der Waals surface area contributed by atoms with Gasteiger partial charge in [-0.25, -0.2) is 0 Å². The van der Waals surface area contributed by atoms with Crippen molar-refractivity contribution < 1.29 is 9.90 Å². The quantitative estimate of drug-likeness (QED) is 0.918. The van der Waals surface area contributed by atoms with Crippen LogP contribution >= 0.6 is 23.2 Å². The number of carbonyl (C=O) groups excluding carboxylic acids is 1. The van der Waals surface area contributed by atoms with Gasteiger partial charge in [-0.3, -0.25) is 9.78 Å². The lowest BCUT2D eigenvalue weighted by Gasteiger charge is -2.17. The van der Waals surface area contributed by atoms with Gasteiger partial charge in [-0.15, -0.1) is 0 Å². The van der Waals surface area contributed by atoms with Crippen LogP contribution in [0.25, 0.3) is 0 Å². The Morgan fingerprint density at radius 3 is 2.81 bits per heavy atom. The second-order valence-corrected chi connectivity index (χ2v) is 5.70. The molecule has 0 radical (unpaired) electrons. The van der Waals surface area contributed by atoms with Crippen LogP contribution in [0.5, 0.6) is 5.75 Å². The van der Waals surface area contributed by atoms with Gasteiger partial charge >= 0.3 is 0 Å². The number of aromatic hydroxyl groups is 1. The molecule has 3 rings (SSSR count). The van der Waals surface area contributed by atoms with E-state index in [9.17, 15) is 9.90 Å². The fourth-order valence-corrected chi connectivity index (χ4v) is 3.09. The second-order valence-electron chi connectivity index (χ2n) is 4.91. The van der Waals surface area contributed by atoms with E-state index in [2.05, 4.69) is 4.98 Å². The highest BCUT2D eigenvalue weighted by molar-refractivity contribution is 6.42. The monoisotopic (exact) mass is 322 g/mol. The molecule has 108 valence electrons. The number of hydrogen-bond donors (Lipinski definition) is 1. The molecule has 2 heterocycles. The molecule has 1 aromatic carbocycles. The van der Waals surface area contributed by atoms with E-state index in [-0.39, 0.29) is 24.0 Å². The first-order valence-corrected chi connectivity index (χ1v) is 7.20. The van der Waals surface area contributed by atoms with Gasteiger partial charge in [0.1, 0.15) is 5.75 Å². The fourth-order valence-electron chi connectivity index (χ4n) is 2.61. The summed E-state index contributed by atoms with van der Waals surface area (Å²) < 4.78 is 0. The number of anilines is 1. The van der Waals surface area contributed by atoms with Crippen LogP contribution in [-0.4, -0.2) is 22.5 Å². The molecular formula is C15H12Cl2N2O2. The topological polar surface area (TPSA) is 53.4 Å². The number of carbonyl (C=O) groups is 1. The molecule has 0 bridgehead atoms. The summed E-state index contributed by atoms with van der Waals surface area (Å²) in [6.45, 7) is 0.443. The number of halogens is 2. The Labute approximate surface area is 131 Å². The average Bonchev–Trinajstić information content (AvgIpc) is 2.86. The van der Waals surface area contributed by atoms with E-state index in [0.29, 0.717) is 22.2 Å². The smallest absolute Gasteiger partial charge is 0.227 e. The zero-order chi connectivity index (χ0) is 15.0. The first kappa shape index (κ1) is 14.2. The Hall–Kier alpha value is -1.78. The number of pyridine rings is 1. The minimum absolute atomic E-state index is 0.0246.